The first-order valence-corrected chi connectivity index (χ1v) is 8.12. The summed E-state index contributed by atoms with van der Waals surface area (Å²) in [5, 5.41) is 2.63. The normalized spacial score (nSPS) is 12.0. The third-order valence-corrected chi connectivity index (χ3v) is 4.76. The number of hydrogen-bond acceptors (Lipinski definition) is 2. The largest absolute Gasteiger partial charge is 0.324 e. The number of benzene rings is 2. The Morgan fingerprint density at radius 2 is 1.91 bits per heavy atom. The molecular weight excluding hydrogens is 321 g/mol. The van der Waals surface area contributed by atoms with Crippen molar-refractivity contribution < 1.29 is 9.18 Å². The molecule has 0 unspecified atom stereocenters. The molecule has 0 bridgehead atoms. The van der Waals surface area contributed by atoms with Gasteiger partial charge in [-0.15, -0.1) is 11.8 Å². The first kappa shape index (κ1) is 16.8. The van der Waals surface area contributed by atoms with E-state index in [0.29, 0.717) is 5.69 Å². The van der Waals surface area contributed by atoms with E-state index in [4.69, 9.17) is 11.6 Å². The monoisotopic (exact) mass is 337 g/mol. The number of aryl methyl sites for hydroxylation is 2. The second-order valence-corrected chi connectivity index (χ2v) is 6.94. The van der Waals surface area contributed by atoms with Gasteiger partial charge >= 0.3 is 0 Å². The van der Waals surface area contributed by atoms with Crippen LogP contribution in [-0.2, 0) is 4.79 Å². The SMILES string of the molecule is Cc1ccc(S[C@H](C)C(=O)Nc2ccc(F)cc2Cl)cc1C. The number of carbonyl (C=O) groups is 1. The zero-order valence-electron chi connectivity index (χ0n) is 12.6. The number of rotatable bonds is 4. The van der Waals surface area contributed by atoms with E-state index in [-0.39, 0.29) is 16.2 Å². The maximum absolute atomic E-state index is 13.0. The lowest BCUT2D eigenvalue weighted by molar-refractivity contribution is -0.115. The number of nitrogens with one attached hydrogen (secondary N) is 1. The number of anilines is 1. The summed E-state index contributed by atoms with van der Waals surface area (Å²) in [5.41, 5.74) is 2.83. The summed E-state index contributed by atoms with van der Waals surface area (Å²) < 4.78 is 13.0. The van der Waals surface area contributed by atoms with Crippen LogP contribution in [0.1, 0.15) is 18.1 Å². The lowest BCUT2D eigenvalue weighted by atomic mass is 10.1. The van der Waals surface area contributed by atoms with Gasteiger partial charge in [-0.3, -0.25) is 4.79 Å². The smallest absolute Gasteiger partial charge is 0.237 e. The van der Waals surface area contributed by atoms with Crippen molar-refractivity contribution in [3.05, 3.63) is 58.4 Å². The molecule has 0 spiro atoms. The molecule has 1 amide bonds. The highest BCUT2D eigenvalue weighted by Crippen LogP contribution is 2.27. The molecule has 0 aliphatic rings. The minimum absolute atomic E-state index is 0.170. The molecule has 2 nitrogen and oxygen atoms in total. The zero-order chi connectivity index (χ0) is 16.3. The number of halogens is 2. The van der Waals surface area contributed by atoms with E-state index in [1.807, 2.05) is 26.0 Å². The van der Waals surface area contributed by atoms with E-state index in [1.165, 1.54) is 41.1 Å². The van der Waals surface area contributed by atoms with Crippen molar-refractivity contribution in [2.24, 2.45) is 0 Å². The number of thioether (sulfide) groups is 1. The minimum Gasteiger partial charge on any atom is -0.324 e. The van der Waals surface area contributed by atoms with Gasteiger partial charge in [0.2, 0.25) is 5.91 Å². The van der Waals surface area contributed by atoms with E-state index in [2.05, 4.69) is 18.3 Å². The molecule has 1 atom stereocenters. The molecule has 2 aromatic rings. The fraction of sp³-hybridized carbons (Fsp3) is 0.235. The van der Waals surface area contributed by atoms with Crippen molar-refractivity contribution in [3.8, 4) is 0 Å². The van der Waals surface area contributed by atoms with Crippen LogP contribution in [0.5, 0.6) is 0 Å². The summed E-state index contributed by atoms with van der Waals surface area (Å²) in [6, 6.07) is 10.0. The van der Waals surface area contributed by atoms with Crippen LogP contribution < -0.4 is 5.32 Å². The van der Waals surface area contributed by atoms with Crippen molar-refractivity contribution >= 4 is 35.0 Å². The summed E-state index contributed by atoms with van der Waals surface area (Å²) in [5.74, 6) is -0.600. The molecular formula is C17H17ClFNOS. The molecule has 0 fully saturated rings. The number of carbonyl (C=O) groups excluding carboxylic acids is 1. The molecule has 22 heavy (non-hydrogen) atoms. The number of hydrogen-bond donors (Lipinski definition) is 1. The Morgan fingerprint density at radius 1 is 1.18 bits per heavy atom. The molecule has 1 N–H and O–H groups in total. The van der Waals surface area contributed by atoms with Crippen LogP contribution in [0.4, 0.5) is 10.1 Å². The molecule has 0 saturated heterocycles. The van der Waals surface area contributed by atoms with Crippen molar-refractivity contribution in [3.63, 3.8) is 0 Å². The van der Waals surface area contributed by atoms with Crippen molar-refractivity contribution in [2.75, 3.05) is 5.32 Å². The molecule has 0 aliphatic carbocycles. The molecule has 0 aliphatic heterocycles. The van der Waals surface area contributed by atoms with E-state index in [9.17, 15) is 9.18 Å². The maximum Gasteiger partial charge on any atom is 0.237 e. The average molecular weight is 338 g/mol. The van der Waals surface area contributed by atoms with Crippen LogP contribution in [0.3, 0.4) is 0 Å². The van der Waals surface area contributed by atoms with Crippen molar-refractivity contribution in [1.82, 2.24) is 0 Å². The minimum atomic E-state index is -0.430. The maximum atomic E-state index is 13.0. The molecule has 2 aromatic carbocycles. The van der Waals surface area contributed by atoms with Gasteiger partial charge in [-0.1, -0.05) is 17.7 Å². The fourth-order valence-corrected chi connectivity index (χ4v) is 3.05. The van der Waals surface area contributed by atoms with Crippen molar-refractivity contribution in [1.29, 1.82) is 0 Å². The van der Waals surface area contributed by atoms with Crippen LogP contribution in [0, 0.1) is 19.7 Å². The van der Waals surface area contributed by atoms with Gasteiger partial charge < -0.3 is 5.32 Å². The fourth-order valence-electron chi connectivity index (χ4n) is 1.87. The molecule has 5 heteroatoms. The first-order chi connectivity index (χ1) is 10.4. The predicted octanol–water partition coefficient (Wildman–Crippen LogP) is 5.22. The third kappa shape index (κ3) is 4.24. The Kier molecular flexibility index (Phi) is 5.48. The van der Waals surface area contributed by atoms with E-state index >= 15 is 0 Å². The lowest BCUT2D eigenvalue weighted by Gasteiger charge is -2.13. The Bertz CT molecular complexity index is 705. The van der Waals surface area contributed by atoms with Gasteiger partial charge in [-0.05, 0) is 62.2 Å². The number of amides is 1. The van der Waals surface area contributed by atoms with E-state index in [1.54, 1.807) is 0 Å². The average Bonchev–Trinajstić information content (AvgIpc) is 2.45. The van der Waals surface area contributed by atoms with Crippen LogP contribution in [0.25, 0.3) is 0 Å². The highest BCUT2D eigenvalue weighted by atomic mass is 35.5. The highest BCUT2D eigenvalue weighted by Gasteiger charge is 2.16. The lowest BCUT2D eigenvalue weighted by Crippen LogP contribution is -2.22. The standard InChI is InChI=1S/C17H17ClFNOS/c1-10-4-6-14(8-11(10)2)22-12(3)17(21)20-16-7-5-13(19)9-15(16)18/h4-9,12H,1-3H3,(H,20,21)/t12-/m1/s1. The van der Waals surface area contributed by atoms with Gasteiger partial charge in [0.05, 0.1) is 16.0 Å². The molecule has 0 heterocycles. The molecule has 116 valence electrons. The third-order valence-electron chi connectivity index (χ3n) is 3.35. The van der Waals surface area contributed by atoms with Crippen LogP contribution >= 0.6 is 23.4 Å². The van der Waals surface area contributed by atoms with Crippen LogP contribution in [-0.4, -0.2) is 11.2 Å². The Labute approximate surface area is 139 Å². The van der Waals surface area contributed by atoms with E-state index < -0.39 is 5.82 Å². The van der Waals surface area contributed by atoms with Gasteiger partial charge in [0.25, 0.3) is 0 Å². The summed E-state index contributed by atoms with van der Waals surface area (Å²) in [7, 11) is 0. The highest BCUT2D eigenvalue weighted by molar-refractivity contribution is 8.00. The second-order valence-electron chi connectivity index (χ2n) is 5.12. The predicted molar refractivity (Wildman–Crippen MR) is 91.3 cm³/mol. The van der Waals surface area contributed by atoms with Crippen molar-refractivity contribution in [2.45, 2.75) is 30.9 Å². The quantitative estimate of drug-likeness (QED) is 0.775. The van der Waals surface area contributed by atoms with Gasteiger partial charge in [-0.25, -0.2) is 4.39 Å². The summed E-state index contributed by atoms with van der Waals surface area (Å²) in [6.07, 6.45) is 0. The molecule has 0 radical (unpaired) electrons. The summed E-state index contributed by atoms with van der Waals surface area (Å²) >= 11 is 7.39. The zero-order valence-corrected chi connectivity index (χ0v) is 14.2. The Morgan fingerprint density at radius 3 is 2.55 bits per heavy atom. The van der Waals surface area contributed by atoms with Gasteiger partial charge in [-0.2, -0.15) is 0 Å². The van der Waals surface area contributed by atoms with E-state index in [0.717, 1.165) is 4.90 Å². The van der Waals surface area contributed by atoms with Crippen LogP contribution in [0.2, 0.25) is 5.02 Å². The topological polar surface area (TPSA) is 29.1 Å². The molecule has 0 aromatic heterocycles. The van der Waals surface area contributed by atoms with Gasteiger partial charge in [0.15, 0.2) is 0 Å². The summed E-state index contributed by atoms with van der Waals surface area (Å²) in [4.78, 5) is 13.3. The molecule has 2 rings (SSSR count). The Hall–Kier alpha value is -1.52. The molecule has 0 saturated carbocycles. The van der Waals surface area contributed by atoms with Crippen LogP contribution in [0.15, 0.2) is 41.3 Å². The van der Waals surface area contributed by atoms with Gasteiger partial charge in [0, 0.05) is 4.90 Å². The Balaban J connectivity index is 2.04. The second kappa shape index (κ2) is 7.16. The first-order valence-electron chi connectivity index (χ1n) is 6.86. The summed E-state index contributed by atoms with van der Waals surface area (Å²) in [6.45, 7) is 5.92. The van der Waals surface area contributed by atoms with Gasteiger partial charge in [0.1, 0.15) is 5.82 Å².